The van der Waals surface area contributed by atoms with E-state index in [4.69, 9.17) is 9.47 Å². The lowest BCUT2D eigenvalue weighted by molar-refractivity contribution is -0.143. The van der Waals surface area contributed by atoms with Gasteiger partial charge in [0.05, 0.1) is 25.8 Å². The third-order valence-corrected chi connectivity index (χ3v) is 6.07. The fourth-order valence-corrected chi connectivity index (χ4v) is 4.22. The summed E-state index contributed by atoms with van der Waals surface area (Å²) in [5.41, 5.74) is -0.706. The molecule has 11 heteroatoms. The number of methoxy groups -OCH3 is 1. The lowest BCUT2D eigenvalue weighted by Gasteiger charge is -2.31. The molecule has 1 aliphatic heterocycles. The van der Waals surface area contributed by atoms with E-state index in [1.54, 1.807) is 20.8 Å². The first-order chi connectivity index (χ1) is 17.0. The van der Waals surface area contributed by atoms with Crippen LogP contribution < -0.4 is 16.0 Å². The van der Waals surface area contributed by atoms with Gasteiger partial charge in [-0.2, -0.15) is 0 Å². The number of amides is 4. The number of rotatable bonds is 9. The number of aliphatic hydroxyl groups excluding tert-OH is 1. The summed E-state index contributed by atoms with van der Waals surface area (Å²) in [5, 5.41) is 19.2. The highest BCUT2D eigenvalue weighted by Crippen LogP contribution is 2.19. The van der Waals surface area contributed by atoms with Crippen molar-refractivity contribution >= 4 is 24.0 Å². The monoisotopic (exact) mass is 528 g/mol. The van der Waals surface area contributed by atoms with Crippen molar-refractivity contribution in [3.05, 3.63) is 0 Å². The lowest BCUT2D eigenvalue weighted by atomic mass is 10.0. The third kappa shape index (κ3) is 11.6. The fourth-order valence-electron chi connectivity index (χ4n) is 4.22. The number of carbonyl (C=O) groups is 4. The predicted molar refractivity (Wildman–Crippen MR) is 140 cm³/mol. The zero-order valence-corrected chi connectivity index (χ0v) is 23.9. The van der Waals surface area contributed by atoms with E-state index in [1.807, 2.05) is 34.6 Å². The topological polar surface area (TPSA) is 146 Å². The fraction of sp³-hybridized carbons (Fsp3) is 0.846. The van der Waals surface area contributed by atoms with Gasteiger partial charge < -0.3 is 35.4 Å². The van der Waals surface area contributed by atoms with E-state index >= 15 is 0 Å². The van der Waals surface area contributed by atoms with Crippen LogP contribution in [0.15, 0.2) is 0 Å². The van der Waals surface area contributed by atoms with E-state index in [0.717, 1.165) is 0 Å². The van der Waals surface area contributed by atoms with Crippen molar-refractivity contribution in [3.63, 3.8) is 0 Å². The maximum atomic E-state index is 13.1. The van der Waals surface area contributed by atoms with Crippen molar-refractivity contribution in [1.29, 1.82) is 0 Å². The summed E-state index contributed by atoms with van der Waals surface area (Å²) in [6.07, 6.45) is 0.0465. The maximum absolute atomic E-state index is 13.1. The summed E-state index contributed by atoms with van der Waals surface area (Å²) in [7, 11) is 1.28. The molecule has 1 aliphatic rings. The molecule has 1 fully saturated rings. The Labute approximate surface area is 221 Å². The number of nitrogens with one attached hydrogen (secondary N) is 3. The minimum absolute atomic E-state index is 0.0259. The minimum atomic E-state index is -1.04. The zero-order valence-electron chi connectivity index (χ0n) is 23.9. The molecule has 0 unspecified atom stereocenters. The average molecular weight is 529 g/mol. The molecule has 0 aromatic heterocycles. The van der Waals surface area contributed by atoms with Crippen LogP contribution in [0.4, 0.5) is 9.59 Å². The smallest absolute Gasteiger partial charge is 0.408 e. The standard InChI is InChI=1S/C26H48N4O7/c1-15(2)12-19(29-25(35)37-26(6,7)8)22(32)27-18-11-10-17(5)30(14-21(18)31)24(34)28-20(13-16(3)4)23(33)36-9/h15-21,31H,10-14H2,1-9H3,(H,27,32)(H,28,34)(H,29,35)/t17-,18+,19+,20+,21+/m1/s1. The van der Waals surface area contributed by atoms with Crippen LogP contribution in [-0.4, -0.2) is 83.5 Å². The van der Waals surface area contributed by atoms with E-state index in [0.29, 0.717) is 25.7 Å². The Morgan fingerprint density at radius 2 is 1.54 bits per heavy atom. The number of hydrogen-bond acceptors (Lipinski definition) is 7. The molecule has 0 aromatic carbocycles. The number of likely N-dealkylation sites (tertiary alicyclic amines) is 1. The summed E-state index contributed by atoms with van der Waals surface area (Å²) >= 11 is 0. The Kier molecular flexibility index (Phi) is 12.6. The Morgan fingerprint density at radius 3 is 2.05 bits per heavy atom. The molecule has 4 N–H and O–H groups in total. The predicted octanol–water partition coefficient (Wildman–Crippen LogP) is 2.55. The van der Waals surface area contributed by atoms with E-state index < -0.39 is 53.8 Å². The van der Waals surface area contributed by atoms with E-state index in [-0.39, 0.29) is 24.4 Å². The van der Waals surface area contributed by atoms with Crippen LogP contribution in [0.3, 0.4) is 0 Å². The second kappa shape index (κ2) is 14.4. The molecular formula is C26H48N4O7. The number of urea groups is 1. The van der Waals surface area contributed by atoms with Crippen LogP contribution >= 0.6 is 0 Å². The van der Waals surface area contributed by atoms with Gasteiger partial charge in [-0.05, 0) is 65.2 Å². The molecule has 0 saturated carbocycles. The van der Waals surface area contributed by atoms with Gasteiger partial charge in [-0.15, -0.1) is 0 Å². The summed E-state index contributed by atoms with van der Waals surface area (Å²) in [5.74, 6) is -0.664. The first-order valence-corrected chi connectivity index (χ1v) is 13.2. The van der Waals surface area contributed by atoms with Crippen LogP contribution in [-0.2, 0) is 19.1 Å². The number of aliphatic hydroxyl groups is 1. The molecule has 1 heterocycles. The van der Waals surface area contributed by atoms with Crippen LogP contribution in [0.1, 0.15) is 81.1 Å². The van der Waals surface area contributed by atoms with E-state index in [2.05, 4.69) is 16.0 Å². The average Bonchev–Trinajstić information content (AvgIpc) is 2.89. The Bertz CT molecular complexity index is 781. The SMILES string of the molecule is COC(=O)[C@H](CC(C)C)NC(=O)N1C[C@H](O)[C@@H](NC(=O)[C@H](CC(C)C)NC(=O)OC(C)(C)C)CC[C@H]1C. The molecule has 1 saturated heterocycles. The molecule has 0 aromatic rings. The third-order valence-electron chi connectivity index (χ3n) is 6.07. The Hall–Kier alpha value is -2.56. The molecule has 4 amide bonds. The molecule has 0 radical (unpaired) electrons. The van der Waals surface area contributed by atoms with Crippen molar-refractivity contribution < 1.29 is 33.8 Å². The summed E-state index contributed by atoms with van der Waals surface area (Å²) in [6, 6.07) is -2.95. The molecule has 5 atom stereocenters. The van der Waals surface area contributed by atoms with Gasteiger partial charge in [-0.25, -0.2) is 14.4 Å². The first kappa shape index (κ1) is 32.5. The Morgan fingerprint density at radius 1 is 0.973 bits per heavy atom. The highest BCUT2D eigenvalue weighted by Gasteiger charge is 2.36. The molecule has 0 aliphatic carbocycles. The normalized spacial score (nSPS) is 22.1. The molecule has 214 valence electrons. The van der Waals surface area contributed by atoms with E-state index in [1.165, 1.54) is 12.0 Å². The molecule has 37 heavy (non-hydrogen) atoms. The summed E-state index contributed by atoms with van der Waals surface area (Å²) in [4.78, 5) is 52.1. The molecule has 0 spiro atoms. The summed E-state index contributed by atoms with van der Waals surface area (Å²) in [6.45, 7) is 14.8. The Balaban J connectivity index is 2.91. The number of hydrogen-bond donors (Lipinski definition) is 4. The number of esters is 1. The summed E-state index contributed by atoms with van der Waals surface area (Å²) < 4.78 is 10.1. The van der Waals surface area contributed by atoms with Crippen molar-refractivity contribution in [1.82, 2.24) is 20.9 Å². The molecular weight excluding hydrogens is 480 g/mol. The number of ether oxygens (including phenoxy) is 2. The zero-order chi connectivity index (χ0) is 28.5. The van der Waals surface area contributed by atoms with Gasteiger partial charge in [0.15, 0.2) is 0 Å². The largest absolute Gasteiger partial charge is 0.467 e. The van der Waals surface area contributed by atoms with Gasteiger partial charge in [-0.1, -0.05) is 27.7 Å². The lowest BCUT2D eigenvalue weighted by Crippen LogP contribution is -2.56. The minimum Gasteiger partial charge on any atom is -0.467 e. The second-order valence-corrected chi connectivity index (χ2v) is 11.7. The van der Waals surface area contributed by atoms with Crippen LogP contribution in [0.2, 0.25) is 0 Å². The number of alkyl carbamates (subject to hydrolysis) is 1. The van der Waals surface area contributed by atoms with Crippen molar-refractivity contribution in [2.75, 3.05) is 13.7 Å². The number of nitrogens with zero attached hydrogens (tertiary/aromatic N) is 1. The molecule has 1 rings (SSSR count). The maximum Gasteiger partial charge on any atom is 0.408 e. The van der Waals surface area contributed by atoms with Crippen molar-refractivity contribution in [3.8, 4) is 0 Å². The highest BCUT2D eigenvalue weighted by atomic mass is 16.6. The number of carbonyl (C=O) groups excluding carboxylic acids is 4. The van der Waals surface area contributed by atoms with Crippen LogP contribution in [0.25, 0.3) is 0 Å². The van der Waals surface area contributed by atoms with Gasteiger partial charge in [-0.3, -0.25) is 4.79 Å². The molecule has 0 bridgehead atoms. The van der Waals surface area contributed by atoms with E-state index in [9.17, 15) is 24.3 Å². The van der Waals surface area contributed by atoms with Gasteiger partial charge in [0.25, 0.3) is 0 Å². The van der Waals surface area contributed by atoms with Crippen LogP contribution in [0.5, 0.6) is 0 Å². The molecule has 11 nitrogen and oxygen atoms in total. The van der Waals surface area contributed by atoms with Gasteiger partial charge >= 0.3 is 18.1 Å². The second-order valence-electron chi connectivity index (χ2n) is 11.7. The first-order valence-electron chi connectivity index (χ1n) is 13.2. The van der Waals surface area contributed by atoms with Gasteiger partial charge in [0.2, 0.25) is 5.91 Å². The highest BCUT2D eigenvalue weighted by molar-refractivity contribution is 5.86. The number of β-amino-alcohol motifs (C(OH)–C–C–N with tert-alkyl or cyclic N) is 1. The van der Waals surface area contributed by atoms with Crippen LogP contribution in [0, 0.1) is 11.8 Å². The van der Waals surface area contributed by atoms with Gasteiger partial charge in [0.1, 0.15) is 17.7 Å². The van der Waals surface area contributed by atoms with Crippen molar-refractivity contribution in [2.45, 2.75) is 117 Å². The quantitative estimate of drug-likeness (QED) is 0.336. The van der Waals surface area contributed by atoms with Crippen molar-refractivity contribution in [2.24, 2.45) is 11.8 Å². The van der Waals surface area contributed by atoms with Gasteiger partial charge in [0, 0.05) is 6.04 Å².